The van der Waals surface area contributed by atoms with E-state index in [1.54, 1.807) is 6.20 Å². The Labute approximate surface area is 93.3 Å². The van der Waals surface area contributed by atoms with Gasteiger partial charge in [0.1, 0.15) is 11.6 Å². The zero-order valence-corrected chi connectivity index (χ0v) is 9.21. The molecule has 0 fully saturated rings. The molecule has 0 atom stereocenters. The molecule has 2 aromatic rings. The molecule has 2 rings (SSSR count). The van der Waals surface area contributed by atoms with Crippen molar-refractivity contribution >= 4 is 21.7 Å². The van der Waals surface area contributed by atoms with Crippen LogP contribution in [0.25, 0.3) is 0 Å². The van der Waals surface area contributed by atoms with Gasteiger partial charge in [0.2, 0.25) is 0 Å². The zero-order chi connectivity index (χ0) is 10.7. The van der Waals surface area contributed by atoms with Gasteiger partial charge in [-0.1, -0.05) is 0 Å². The molecular weight excluding hydrogens is 262 g/mol. The van der Waals surface area contributed by atoms with Gasteiger partial charge in [-0.25, -0.2) is 14.9 Å². The number of aromatic amines is 2. The van der Waals surface area contributed by atoms with Crippen molar-refractivity contribution in [3.63, 3.8) is 0 Å². The van der Waals surface area contributed by atoms with Crippen molar-refractivity contribution in [3.05, 3.63) is 39.1 Å². The number of aromatic nitrogens is 4. The van der Waals surface area contributed by atoms with Crippen LogP contribution in [0.3, 0.4) is 0 Å². The van der Waals surface area contributed by atoms with E-state index in [0.717, 1.165) is 10.3 Å². The maximum atomic E-state index is 10.7. The fraction of sp³-hybridized carbons (Fsp3) is 0.125. The van der Waals surface area contributed by atoms with E-state index < -0.39 is 0 Å². The van der Waals surface area contributed by atoms with E-state index in [4.69, 9.17) is 0 Å². The smallest absolute Gasteiger partial charge is 0.340 e. The van der Waals surface area contributed by atoms with Crippen molar-refractivity contribution in [1.29, 1.82) is 0 Å². The number of halogens is 1. The predicted molar refractivity (Wildman–Crippen MR) is 58.5 cm³/mol. The van der Waals surface area contributed by atoms with E-state index in [1.165, 1.54) is 0 Å². The highest BCUT2D eigenvalue weighted by molar-refractivity contribution is 9.10. The molecule has 0 unspecified atom stereocenters. The summed E-state index contributed by atoms with van der Waals surface area (Å²) in [5.41, 5.74) is -0.310. The summed E-state index contributed by atoms with van der Waals surface area (Å²) in [5, 5.41) is 9.06. The number of nitrogens with zero attached hydrogens (tertiary/aromatic N) is 2. The van der Waals surface area contributed by atoms with E-state index in [2.05, 4.69) is 41.4 Å². The second-order valence-electron chi connectivity index (χ2n) is 2.84. The topological polar surface area (TPSA) is 86.5 Å². The molecule has 0 spiro atoms. The number of pyridine rings is 1. The second kappa shape index (κ2) is 4.26. The highest BCUT2D eigenvalue weighted by atomic mass is 79.9. The summed E-state index contributed by atoms with van der Waals surface area (Å²) < 4.78 is 0.918. The van der Waals surface area contributed by atoms with Gasteiger partial charge in [-0.05, 0) is 28.1 Å². The van der Waals surface area contributed by atoms with Crippen LogP contribution in [0.5, 0.6) is 0 Å². The number of H-pyrrole nitrogens is 2. The Balaban J connectivity index is 1.99. The third-order valence-electron chi connectivity index (χ3n) is 1.71. The Morgan fingerprint density at radius 2 is 2.33 bits per heavy atom. The standard InChI is InChI=1S/C8H8BrN5O/c9-5-1-2-6(10-3-5)11-4-7-12-8(15)14-13-7/h1-3H,4H2,(H,10,11)(H2,12,13,14,15). The van der Waals surface area contributed by atoms with Crippen molar-refractivity contribution < 1.29 is 0 Å². The van der Waals surface area contributed by atoms with Crippen LogP contribution in [0, 0.1) is 0 Å². The number of hydrogen-bond donors (Lipinski definition) is 3. The summed E-state index contributed by atoms with van der Waals surface area (Å²) in [5.74, 6) is 1.27. The predicted octanol–water partition coefficient (Wildman–Crippen LogP) is 0.868. The molecule has 2 aromatic heterocycles. The normalized spacial score (nSPS) is 10.2. The molecule has 0 aliphatic carbocycles. The van der Waals surface area contributed by atoms with Gasteiger partial charge < -0.3 is 5.32 Å². The van der Waals surface area contributed by atoms with Crippen LogP contribution in [0.2, 0.25) is 0 Å². The van der Waals surface area contributed by atoms with Crippen molar-refractivity contribution in [3.8, 4) is 0 Å². The Hall–Kier alpha value is -1.63. The summed E-state index contributed by atoms with van der Waals surface area (Å²) in [7, 11) is 0. The first-order valence-electron chi connectivity index (χ1n) is 4.23. The fourth-order valence-electron chi connectivity index (χ4n) is 1.04. The Morgan fingerprint density at radius 3 is 2.93 bits per heavy atom. The highest BCUT2D eigenvalue weighted by Gasteiger charge is 1.98. The van der Waals surface area contributed by atoms with Crippen LogP contribution >= 0.6 is 15.9 Å². The number of nitrogens with one attached hydrogen (secondary N) is 3. The van der Waals surface area contributed by atoms with E-state index >= 15 is 0 Å². The van der Waals surface area contributed by atoms with E-state index in [-0.39, 0.29) is 5.69 Å². The Bertz CT molecular complexity index is 488. The van der Waals surface area contributed by atoms with Crippen molar-refractivity contribution in [2.45, 2.75) is 6.54 Å². The summed E-state index contributed by atoms with van der Waals surface area (Å²) in [6.45, 7) is 0.424. The zero-order valence-electron chi connectivity index (χ0n) is 7.62. The lowest BCUT2D eigenvalue weighted by Crippen LogP contribution is -2.05. The van der Waals surface area contributed by atoms with Crippen molar-refractivity contribution in [1.82, 2.24) is 20.2 Å². The molecule has 0 radical (unpaired) electrons. The summed E-state index contributed by atoms with van der Waals surface area (Å²) >= 11 is 3.29. The summed E-state index contributed by atoms with van der Waals surface area (Å²) in [6, 6.07) is 3.71. The quantitative estimate of drug-likeness (QED) is 0.772. The first-order chi connectivity index (χ1) is 7.24. The van der Waals surface area contributed by atoms with Gasteiger partial charge >= 0.3 is 5.69 Å². The third-order valence-corrected chi connectivity index (χ3v) is 2.18. The minimum atomic E-state index is -0.310. The van der Waals surface area contributed by atoms with Crippen molar-refractivity contribution in [2.24, 2.45) is 0 Å². The summed E-state index contributed by atoms with van der Waals surface area (Å²) in [6.07, 6.45) is 1.69. The van der Waals surface area contributed by atoms with Gasteiger partial charge in [0.05, 0.1) is 6.54 Å². The number of hydrogen-bond acceptors (Lipinski definition) is 4. The van der Waals surface area contributed by atoms with Gasteiger partial charge in [-0.2, -0.15) is 5.10 Å². The van der Waals surface area contributed by atoms with Crippen LogP contribution < -0.4 is 11.0 Å². The van der Waals surface area contributed by atoms with Crippen LogP contribution in [0.4, 0.5) is 5.82 Å². The molecule has 0 saturated heterocycles. The monoisotopic (exact) mass is 269 g/mol. The minimum absolute atomic E-state index is 0.310. The molecule has 0 aromatic carbocycles. The molecular formula is C8H8BrN5O. The number of rotatable bonds is 3. The molecule has 78 valence electrons. The minimum Gasteiger partial charge on any atom is -0.363 e. The van der Waals surface area contributed by atoms with Gasteiger partial charge in [-0.3, -0.25) is 4.98 Å². The Morgan fingerprint density at radius 1 is 1.47 bits per heavy atom. The Kier molecular flexibility index (Phi) is 2.82. The maximum absolute atomic E-state index is 10.7. The molecule has 0 aliphatic heterocycles. The highest BCUT2D eigenvalue weighted by Crippen LogP contribution is 2.10. The molecule has 7 heteroatoms. The van der Waals surface area contributed by atoms with Gasteiger partial charge in [0.25, 0.3) is 0 Å². The molecule has 15 heavy (non-hydrogen) atoms. The second-order valence-corrected chi connectivity index (χ2v) is 3.76. The average Bonchev–Trinajstić information content (AvgIpc) is 2.64. The van der Waals surface area contributed by atoms with Gasteiger partial charge in [0, 0.05) is 10.7 Å². The van der Waals surface area contributed by atoms with Gasteiger partial charge in [0.15, 0.2) is 0 Å². The molecule has 6 nitrogen and oxygen atoms in total. The fourth-order valence-corrected chi connectivity index (χ4v) is 1.28. The van der Waals surface area contributed by atoms with Crippen LogP contribution in [0.15, 0.2) is 27.6 Å². The molecule has 0 amide bonds. The molecule has 3 N–H and O–H groups in total. The van der Waals surface area contributed by atoms with E-state index in [9.17, 15) is 4.79 Å². The van der Waals surface area contributed by atoms with E-state index in [1.807, 2.05) is 12.1 Å². The molecule has 0 aliphatic rings. The molecule has 0 bridgehead atoms. The van der Waals surface area contributed by atoms with Crippen molar-refractivity contribution in [2.75, 3.05) is 5.32 Å². The lowest BCUT2D eigenvalue weighted by Gasteiger charge is -2.01. The van der Waals surface area contributed by atoms with E-state index in [0.29, 0.717) is 12.4 Å². The molecule has 2 heterocycles. The summed E-state index contributed by atoms with van der Waals surface area (Å²) in [4.78, 5) is 17.4. The largest absolute Gasteiger partial charge is 0.363 e. The lowest BCUT2D eigenvalue weighted by molar-refractivity contribution is 0.946. The maximum Gasteiger partial charge on any atom is 0.340 e. The average molecular weight is 270 g/mol. The molecule has 0 saturated carbocycles. The first kappa shape index (κ1) is 9.91. The van der Waals surface area contributed by atoms with Gasteiger partial charge in [-0.15, -0.1) is 0 Å². The van der Waals surface area contributed by atoms with Crippen LogP contribution in [-0.4, -0.2) is 20.2 Å². The SMILES string of the molecule is O=c1[nH]nc(CNc2ccc(Br)cn2)[nH]1. The lowest BCUT2D eigenvalue weighted by atomic mass is 10.4. The van der Waals surface area contributed by atoms with Crippen LogP contribution in [-0.2, 0) is 6.54 Å². The third kappa shape index (κ3) is 2.66. The first-order valence-corrected chi connectivity index (χ1v) is 5.02. The van der Waals surface area contributed by atoms with Crippen LogP contribution in [0.1, 0.15) is 5.82 Å². The number of anilines is 1.